The average Bonchev–Trinajstić information content (AvgIpc) is 2.26. The number of anilines is 1. The lowest BCUT2D eigenvalue weighted by Gasteiger charge is -2.08. The summed E-state index contributed by atoms with van der Waals surface area (Å²) >= 11 is 0. The Bertz CT molecular complexity index is 391. The molecule has 1 rings (SSSR count). The maximum atomic E-state index is 10.7. The summed E-state index contributed by atoms with van der Waals surface area (Å²) < 4.78 is 0. The summed E-state index contributed by atoms with van der Waals surface area (Å²) in [5, 5.41) is 18.8. The van der Waals surface area contributed by atoms with Crippen molar-refractivity contribution in [2.24, 2.45) is 11.5 Å². The van der Waals surface area contributed by atoms with Crippen molar-refractivity contribution in [1.29, 1.82) is 0 Å². The second kappa shape index (κ2) is 5.03. The number of hydrogen-bond donors (Lipinski definition) is 4. The van der Waals surface area contributed by atoms with Crippen LogP contribution in [0.1, 0.15) is 10.5 Å². The lowest BCUT2D eigenvalue weighted by Crippen LogP contribution is -2.34. The maximum absolute atomic E-state index is 10.7. The molecule has 1 aromatic heterocycles. The molecule has 0 fully saturated rings. The van der Waals surface area contributed by atoms with Gasteiger partial charge in [-0.25, -0.2) is 0 Å². The first-order valence-electron chi connectivity index (χ1n) is 4.35. The Morgan fingerprint density at radius 3 is 2.50 bits per heavy atom. The van der Waals surface area contributed by atoms with E-state index < -0.39 is 17.9 Å². The van der Waals surface area contributed by atoms with E-state index in [0.29, 0.717) is 5.82 Å². The Kier molecular flexibility index (Phi) is 3.72. The van der Waals surface area contributed by atoms with Gasteiger partial charge in [-0.15, -0.1) is 10.2 Å². The Balaban J connectivity index is 2.56. The first-order chi connectivity index (χ1) is 7.50. The molecule has 0 aliphatic rings. The summed E-state index contributed by atoms with van der Waals surface area (Å²) in [5.41, 5.74) is 9.83. The topological polar surface area (TPSA) is 144 Å². The van der Waals surface area contributed by atoms with Crippen molar-refractivity contribution < 1.29 is 14.7 Å². The van der Waals surface area contributed by atoms with E-state index in [2.05, 4.69) is 15.5 Å². The molecule has 0 aromatic carbocycles. The second-order valence-corrected chi connectivity index (χ2v) is 2.97. The van der Waals surface area contributed by atoms with E-state index in [0.717, 1.165) is 0 Å². The van der Waals surface area contributed by atoms with Gasteiger partial charge in [0, 0.05) is 0 Å². The van der Waals surface area contributed by atoms with Crippen molar-refractivity contribution >= 4 is 17.6 Å². The zero-order valence-corrected chi connectivity index (χ0v) is 8.25. The molecule has 2 amide bonds. The van der Waals surface area contributed by atoms with Crippen LogP contribution in [0.25, 0.3) is 0 Å². The molecule has 1 atom stereocenters. The van der Waals surface area contributed by atoms with E-state index in [9.17, 15) is 9.59 Å². The van der Waals surface area contributed by atoms with Gasteiger partial charge in [0.25, 0.3) is 5.91 Å². The molecule has 6 N–H and O–H groups in total. The number of carbonyl (C=O) groups excluding carboxylic acids is 2. The largest absolute Gasteiger partial charge is 0.381 e. The Labute approximate surface area is 90.6 Å². The number of aliphatic hydroxyl groups is 1. The molecule has 1 unspecified atom stereocenters. The summed E-state index contributed by atoms with van der Waals surface area (Å²) in [6.07, 6.45) is -1.31. The lowest BCUT2D eigenvalue weighted by atomic mass is 10.3. The number of nitrogens with zero attached hydrogens (tertiary/aromatic N) is 2. The minimum absolute atomic E-state index is 0.0287. The van der Waals surface area contributed by atoms with Crippen LogP contribution < -0.4 is 16.8 Å². The monoisotopic (exact) mass is 225 g/mol. The number of nitrogens with one attached hydrogen (secondary N) is 1. The fourth-order valence-electron chi connectivity index (χ4n) is 0.860. The molecule has 86 valence electrons. The van der Waals surface area contributed by atoms with Gasteiger partial charge in [-0.1, -0.05) is 0 Å². The van der Waals surface area contributed by atoms with Crippen LogP contribution in [0.5, 0.6) is 0 Å². The first kappa shape index (κ1) is 11.9. The molecule has 1 aromatic rings. The van der Waals surface area contributed by atoms with Crippen LogP contribution in [0.15, 0.2) is 12.1 Å². The van der Waals surface area contributed by atoms with Gasteiger partial charge in [0.05, 0.1) is 6.54 Å². The van der Waals surface area contributed by atoms with E-state index in [1.165, 1.54) is 12.1 Å². The van der Waals surface area contributed by atoms with Crippen LogP contribution in [0.3, 0.4) is 0 Å². The molecular weight excluding hydrogens is 214 g/mol. The third-order valence-electron chi connectivity index (χ3n) is 1.72. The van der Waals surface area contributed by atoms with Crippen LogP contribution in [0.4, 0.5) is 5.82 Å². The number of rotatable bonds is 5. The van der Waals surface area contributed by atoms with E-state index >= 15 is 0 Å². The summed E-state index contributed by atoms with van der Waals surface area (Å²) in [7, 11) is 0. The van der Waals surface area contributed by atoms with Crippen LogP contribution in [-0.4, -0.2) is 39.8 Å². The number of hydrogen-bond acceptors (Lipinski definition) is 6. The normalized spacial score (nSPS) is 11.8. The van der Waals surface area contributed by atoms with Gasteiger partial charge in [0.1, 0.15) is 11.9 Å². The number of primary amides is 2. The van der Waals surface area contributed by atoms with Crippen molar-refractivity contribution in [1.82, 2.24) is 10.2 Å². The van der Waals surface area contributed by atoms with E-state index in [4.69, 9.17) is 16.6 Å². The molecule has 0 aliphatic heterocycles. The third kappa shape index (κ3) is 3.17. The SMILES string of the molecule is NC(=O)c1ccc(NCC(O)C(N)=O)nn1. The number of aromatic nitrogens is 2. The number of nitrogens with two attached hydrogens (primary N) is 2. The Hall–Kier alpha value is -2.22. The molecule has 8 nitrogen and oxygen atoms in total. The van der Waals surface area contributed by atoms with E-state index in [-0.39, 0.29) is 12.2 Å². The molecular formula is C8H11N5O3. The van der Waals surface area contributed by atoms with Crippen molar-refractivity contribution in [2.75, 3.05) is 11.9 Å². The molecule has 0 radical (unpaired) electrons. The molecule has 1 heterocycles. The van der Waals surface area contributed by atoms with Gasteiger partial charge < -0.3 is 21.9 Å². The smallest absolute Gasteiger partial charge is 0.269 e. The number of amides is 2. The van der Waals surface area contributed by atoms with Gasteiger partial charge >= 0.3 is 0 Å². The molecule has 8 heteroatoms. The summed E-state index contributed by atoms with van der Waals surface area (Å²) in [6, 6.07) is 2.81. The van der Waals surface area contributed by atoms with E-state index in [1.807, 2.05) is 0 Å². The van der Waals surface area contributed by atoms with Gasteiger partial charge in [0.15, 0.2) is 5.69 Å². The van der Waals surface area contributed by atoms with Gasteiger partial charge in [0.2, 0.25) is 5.91 Å². The quantitative estimate of drug-likeness (QED) is 0.449. The van der Waals surface area contributed by atoms with Crippen LogP contribution in [0, 0.1) is 0 Å². The highest BCUT2D eigenvalue weighted by molar-refractivity contribution is 5.90. The molecule has 16 heavy (non-hydrogen) atoms. The maximum Gasteiger partial charge on any atom is 0.269 e. The summed E-state index contributed by atoms with van der Waals surface area (Å²) in [4.78, 5) is 21.2. The minimum Gasteiger partial charge on any atom is -0.381 e. The van der Waals surface area contributed by atoms with Crippen molar-refractivity contribution in [2.45, 2.75) is 6.10 Å². The van der Waals surface area contributed by atoms with Crippen molar-refractivity contribution in [3.05, 3.63) is 17.8 Å². The van der Waals surface area contributed by atoms with Crippen LogP contribution in [-0.2, 0) is 4.79 Å². The highest BCUT2D eigenvalue weighted by Crippen LogP contribution is 2.01. The van der Waals surface area contributed by atoms with Gasteiger partial charge in [-0.3, -0.25) is 9.59 Å². The van der Waals surface area contributed by atoms with Crippen molar-refractivity contribution in [3.8, 4) is 0 Å². The molecule has 0 spiro atoms. The Morgan fingerprint density at radius 1 is 1.38 bits per heavy atom. The second-order valence-electron chi connectivity index (χ2n) is 2.97. The van der Waals surface area contributed by atoms with Crippen molar-refractivity contribution in [3.63, 3.8) is 0 Å². The minimum atomic E-state index is -1.31. The predicted molar refractivity (Wildman–Crippen MR) is 54.2 cm³/mol. The van der Waals surface area contributed by atoms with Crippen LogP contribution in [0.2, 0.25) is 0 Å². The molecule has 0 aliphatic carbocycles. The zero-order valence-electron chi connectivity index (χ0n) is 8.25. The zero-order chi connectivity index (χ0) is 12.1. The standard InChI is InChI=1S/C8H11N5O3/c9-7(15)4-1-2-6(13-12-4)11-3-5(14)8(10)16/h1-2,5,14H,3H2,(H2,9,15)(H2,10,16)(H,11,13). The first-order valence-corrected chi connectivity index (χ1v) is 4.35. The predicted octanol–water partition coefficient (Wildman–Crippen LogP) is -2.17. The molecule has 0 bridgehead atoms. The lowest BCUT2D eigenvalue weighted by molar-refractivity contribution is -0.125. The van der Waals surface area contributed by atoms with Crippen LogP contribution >= 0.6 is 0 Å². The van der Waals surface area contributed by atoms with E-state index in [1.54, 1.807) is 0 Å². The van der Waals surface area contributed by atoms with Gasteiger partial charge in [-0.2, -0.15) is 0 Å². The third-order valence-corrected chi connectivity index (χ3v) is 1.72. The fraction of sp³-hybridized carbons (Fsp3) is 0.250. The summed E-state index contributed by atoms with van der Waals surface area (Å²) in [5.74, 6) is -1.23. The molecule has 0 saturated carbocycles. The summed E-state index contributed by atoms with van der Waals surface area (Å²) in [6.45, 7) is -0.0834. The molecule has 0 saturated heterocycles. The fourth-order valence-corrected chi connectivity index (χ4v) is 0.860. The highest BCUT2D eigenvalue weighted by Gasteiger charge is 2.10. The number of aliphatic hydroxyl groups excluding tert-OH is 1. The number of carbonyl (C=O) groups is 2. The Morgan fingerprint density at radius 2 is 2.06 bits per heavy atom. The van der Waals surface area contributed by atoms with Gasteiger partial charge in [-0.05, 0) is 12.1 Å². The highest BCUT2D eigenvalue weighted by atomic mass is 16.3. The average molecular weight is 225 g/mol.